The fourth-order valence-electron chi connectivity index (χ4n) is 2.69. The zero-order valence-electron chi connectivity index (χ0n) is 16.8. The van der Waals surface area contributed by atoms with Crippen molar-refractivity contribution in [2.45, 2.75) is 9.79 Å². The number of nitro groups is 1. The Morgan fingerprint density at radius 2 is 1.62 bits per heavy atom. The number of non-ortho nitro benzene ring substituents is 1. The molecule has 0 saturated carbocycles. The van der Waals surface area contributed by atoms with Crippen LogP contribution in [0.4, 0.5) is 17.1 Å². The average Bonchev–Trinajstić information content (AvgIpc) is 2.77. The van der Waals surface area contributed by atoms with Gasteiger partial charge in [-0.2, -0.15) is 0 Å². The second-order valence-corrected chi connectivity index (χ2v) is 8.06. The third-order valence-electron chi connectivity index (χ3n) is 4.16. The first kappa shape index (κ1) is 23.3. The number of hydrogen-bond acceptors (Lipinski definition) is 6. The summed E-state index contributed by atoms with van der Waals surface area (Å²) < 4.78 is 4.76. The van der Waals surface area contributed by atoms with Crippen molar-refractivity contribution < 1.29 is 19.2 Å². The van der Waals surface area contributed by atoms with E-state index in [0.29, 0.717) is 21.3 Å². The van der Waals surface area contributed by atoms with Gasteiger partial charge in [0.15, 0.2) is 0 Å². The van der Waals surface area contributed by atoms with Gasteiger partial charge in [0, 0.05) is 45.4 Å². The number of amides is 2. The van der Waals surface area contributed by atoms with Crippen LogP contribution in [0.25, 0.3) is 0 Å². The van der Waals surface area contributed by atoms with E-state index in [2.05, 4.69) is 10.6 Å². The topological polar surface area (TPSA) is 111 Å². The summed E-state index contributed by atoms with van der Waals surface area (Å²) in [5.41, 5.74) is 0.983. The van der Waals surface area contributed by atoms with Crippen LogP contribution < -0.4 is 10.6 Å². The van der Waals surface area contributed by atoms with Gasteiger partial charge >= 0.3 is 0 Å². The van der Waals surface area contributed by atoms with Gasteiger partial charge in [-0.05, 0) is 54.6 Å². The van der Waals surface area contributed by atoms with E-state index >= 15 is 0 Å². The molecular weight excluding hydrogens is 454 g/mol. The molecule has 0 saturated heterocycles. The minimum atomic E-state index is -0.551. The highest BCUT2D eigenvalue weighted by atomic mass is 35.5. The lowest BCUT2D eigenvalue weighted by Gasteiger charge is -2.11. The van der Waals surface area contributed by atoms with Crippen LogP contribution in [0.1, 0.15) is 10.4 Å². The molecule has 0 aliphatic heterocycles. The van der Waals surface area contributed by atoms with Crippen LogP contribution in [-0.2, 0) is 9.53 Å². The molecule has 0 aliphatic rings. The van der Waals surface area contributed by atoms with E-state index in [-0.39, 0.29) is 23.8 Å². The summed E-state index contributed by atoms with van der Waals surface area (Å²) in [6.07, 6.45) is 0. The Labute approximate surface area is 193 Å². The molecule has 0 aromatic heterocycles. The fourth-order valence-corrected chi connectivity index (χ4v) is 3.74. The zero-order valence-corrected chi connectivity index (χ0v) is 18.4. The van der Waals surface area contributed by atoms with Crippen molar-refractivity contribution in [1.29, 1.82) is 0 Å². The number of nitrogens with zero attached hydrogens (tertiary/aromatic N) is 1. The lowest BCUT2D eigenvalue weighted by molar-refractivity contribution is -0.384. The number of anilines is 2. The van der Waals surface area contributed by atoms with Gasteiger partial charge in [-0.25, -0.2) is 0 Å². The molecule has 2 N–H and O–H groups in total. The van der Waals surface area contributed by atoms with Gasteiger partial charge in [-0.1, -0.05) is 23.4 Å². The van der Waals surface area contributed by atoms with Crippen LogP contribution in [-0.4, -0.2) is 30.5 Å². The molecule has 0 heterocycles. The minimum absolute atomic E-state index is 0.0701. The van der Waals surface area contributed by atoms with E-state index in [0.717, 1.165) is 4.90 Å². The summed E-state index contributed by atoms with van der Waals surface area (Å²) in [6, 6.07) is 17.7. The molecule has 0 unspecified atom stereocenters. The van der Waals surface area contributed by atoms with Gasteiger partial charge in [0.05, 0.1) is 10.5 Å². The van der Waals surface area contributed by atoms with Crippen molar-refractivity contribution >= 4 is 52.2 Å². The van der Waals surface area contributed by atoms with Crippen molar-refractivity contribution in [2.75, 3.05) is 24.4 Å². The van der Waals surface area contributed by atoms with E-state index in [1.165, 1.54) is 31.0 Å². The number of carbonyl (C=O) groups is 2. The van der Waals surface area contributed by atoms with Gasteiger partial charge in [0.1, 0.15) is 6.61 Å². The van der Waals surface area contributed by atoms with Gasteiger partial charge in [-0.3, -0.25) is 19.7 Å². The smallest absolute Gasteiger partial charge is 0.270 e. The highest BCUT2D eigenvalue weighted by molar-refractivity contribution is 7.99. The predicted octanol–water partition coefficient (Wildman–Crippen LogP) is 5.24. The van der Waals surface area contributed by atoms with Crippen molar-refractivity contribution in [3.8, 4) is 0 Å². The van der Waals surface area contributed by atoms with Gasteiger partial charge in [0.2, 0.25) is 5.91 Å². The summed E-state index contributed by atoms with van der Waals surface area (Å²) in [5.74, 6) is -0.800. The summed E-state index contributed by atoms with van der Waals surface area (Å²) in [6.45, 7) is -0.0701. The number of nitrogens with one attached hydrogen (secondary N) is 2. The van der Waals surface area contributed by atoms with E-state index in [9.17, 15) is 19.7 Å². The van der Waals surface area contributed by atoms with Crippen LogP contribution in [0.3, 0.4) is 0 Å². The summed E-state index contributed by atoms with van der Waals surface area (Å²) in [4.78, 5) is 36.6. The Morgan fingerprint density at radius 1 is 1.00 bits per heavy atom. The Hall–Kier alpha value is -3.40. The van der Waals surface area contributed by atoms with Crippen LogP contribution >= 0.6 is 23.4 Å². The molecule has 0 fully saturated rings. The molecule has 3 rings (SSSR count). The molecular formula is C22H18ClN3O5S. The quantitative estimate of drug-likeness (QED) is 0.343. The number of halogens is 1. The highest BCUT2D eigenvalue weighted by Gasteiger charge is 2.18. The number of benzene rings is 3. The number of nitro benzene ring substituents is 1. The molecule has 0 spiro atoms. The maximum atomic E-state index is 12.9. The second-order valence-electron chi connectivity index (χ2n) is 6.51. The van der Waals surface area contributed by atoms with Crippen molar-refractivity contribution in [1.82, 2.24) is 0 Å². The Kier molecular flexibility index (Phi) is 7.82. The monoisotopic (exact) mass is 471 g/mol. The summed E-state index contributed by atoms with van der Waals surface area (Å²) in [5, 5.41) is 17.2. The van der Waals surface area contributed by atoms with Crippen LogP contribution in [0.2, 0.25) is 5.02 Å². The molecule has 3 aromatic carbocycles. The van der Waals surface area contributed by atoms with Crippen LogP contribution in [0.15, 0.2) is 76.5 Å². The molecule has 164 valence electrons. The SMILES string of the molecule is COCC(=O)Nc1ccc(NC(=O)c2cc([N+](=O)[O-])ccc2Sc2ccc(Cl)cc2)cc1. The van der Waals surface area contributed by atoms with Gasteiger partial charge in [0.25, 0.3) is 11.6 Å². The van der Waals surface area contributed by atoms with Crippen LogP contribution in [0, 0.1) is 10.1 Å². The summed E-state index contributed by atoms with van der Waals surface area (Å²) in [7, 11) is 1.42. The van der Waals surface area contributed by atoms with Crippen LogP contribution in [0.5, 0.6) is 0 Å². The highest BCUT2D eigenvalue weighted by Crippen LogP contribution is 2.33. The first-order valence-corrected chi connectivity index (χ1v) is 10.5. The Bertz CT molecular complexity index is 1140. The standard InChI is InChI=1S/C22H18ClN3O5S/c1-31-13-21(27)24-15-4-6-16(7-5-15)25-22(28)19-12-17(26(29)30)8-11-20(19)32-18-9-2-14(23)3-10-18/h2-12H,13H2,1H3,(H,24,27)(H,25,28). The molecule has 8 nitrogen and oxygen atoms in total. The van der Waals surface area contributed by atoms with E-state index < -0.39 is 10.8 Å². The Balaban J connectivity index is 1.81. The van der Waals surface area contributed by atoms with Gasteiger partial charge in [-0.15, -0.1) is 0 Å². The van der Waals surface area contributed by atoms with Crippen molar-refractivity contribution in [3.05, 3.63) is 87.4 Å². The first-order chi connectivity index (χ1) is 15.4. The minimum Gasteiger partial charge on any atom is -0.375 e. The van der Waals surface area contributed by atoms with E-state index in [1.54, 1.807) is 54.6 Å². The number of ether oxygens (including phenoxy) is 1. The third kappa shape index (κ3) is 6.30. The molecule has 3 aromatic rings. The van der Waals surface area contributed by atoms with Gasteiger partial charge < -0.3 is 15.4 Å². The number of carbonyl (C=O) groups excluding carboxylic acids is 2. The lowest BCUT2D eigenvalue weighted by Crippen LogP contribution is -2.17. The Morgan fingerprint density at radius 3 is 2.22 bits per heavy atom. The van der Waals surface area contributed by atoms with Crippen molar-refractivity contribution in [3.63, 3.8) is 0 Å². The molecule has 0 radical (unpaired) electrons. The fraction of sp³-hybridized carbons (Fsp3) is 0.0909. The first-order valence-electron chi connectivity index (χ1n) is 9.28. The van der Waals surface area contributed by atoms with Crippen molar-refractivity contribution in [2.24, 2.45) is 0 Å². The largest absolute Gasteiger partial charge is 0.375 e. The molecule has 10 heteroatoms. The predicted molar refractivity (Wildman–Crippen MR) is 124 cm³/mol. The number of hydrogen-bond donors (Lipinski definition) is 2. The number of methoxy groups -OCH3 is 1. The zero-order chi connectivity index (χ0) is 23.1. The lowest BCUT2D eigenvalue weighted by atomic mass is 10.1. The maximum absolute atomic E-state index is 12.9. The average molecular weight is 472 g/mol. The van der Waals surface area contributed by atoms with E-state index in [1.807, 2.05) is 0 Å². The number of rotatable bonds is 8. The third-order valence-corrected chi connectivity index (χ3v) is 5.50. The molecule has 32 heavy (non-hydrogen) atoms. The molecule has 0 aliphatic carbocycles. The molecule has 0 bridgehead atoms. The van der Waals surface area contributed by atoms with E-state index in [4.69, 9.17) is 16.3 Å². The summed E-state index contributed by atoms with van der Waals surface area (Å²) >= 11 is 7.21. The maximum Gasteiger partial charge on any atom is 0.270 e. The molecule has 2 amide bonds. The molecule has 0 atom stereocenters. The second kappa shape index (κ2) is 10.8. The normalized spacial score (nSPS) is 10.4.